The van der Waals surface area contributed by atoms with Gasteiger partial charge in [0.1, 0.15) is 0 Å². The molecule has 1 heterocycles. The molecule has 122 valence electrons. The van der Waals surface area contributed by atoms with Gasteiger partial charge in [0, 0.05) is 22.1 Å². The minimum absolute atomic E-state index is 0.0146. The van der Waals surface area contributed by atoms with Crippen LogP contribution in [0.4, 0.5) is 5.69 Å². The van der Waals surface area contributed by atoms with E-state index in [2.05, 4.69) is 0 Å². The van der Waals surface area contributed by atoms with E-state index in [1.54, 1.807) is 30.3 Å². The van der Waals surface area contributed by atoms with E-state index in [-0.39, 0.29) is 10.9 Å². The first-order valence-electron chi connectivity index (χ1n) is 7.00. The van der Waals surface area contributed by atoms with E-state index in [4.69, 9.17) is 16.3 Å². The fourth-order valence-corrected chi connectivity index (χ4v) is 3.91. The van der Waals surface area contributed by atoms with Crippen molar-refractivity contribution >= 4 is 41.1 Å². The Bertz CT molecular complexity index is 865. The van der Waals surface area contributed by atoms with E-state index in [1.165, 1.54) is 31.0 Å². The Kier molecular flexibility index (Phi) is 4.59. The number of non-ortho nitro benzene ring substituents is 1. The zero-order valence-electron chi connectivity index (χ0n) is 12.6. The lowest BCUT2D eigenvalue weighted by molar-refractivity contribution is -0.384. The van der Waals surface area contributed by atoms with Crippen LogP contribution in [0.1, 0.15) is 16.4 Å². The Morgan fingerprint density at radius 2 is 2.08 bits per heavy atom. The number of nitro groups is 1. The standard InChI is InChI=1S/C17H12ClNO4S/c1-23-17(20)14-9-11-7-12(18)5-6-15(11)24-16(14)10-3-2-4-13(8-10)19(21)22/h2-9,16H,1H3. The molecule has 24 heavy (non-hydrogen) atoms. The highest BCUT2D eigenvalue weighted by atomic mass is 35.5. The lowest BCUT2D eigenvalue weighted by atomic mass is 10.0. The Morgan fingerprint density at radius 1 is 1.29 bits per heavy atom. The van der Waals surface area contributed by atoms with Crippen molar-refractivity contribution < 1.29 is 14.5 Å². The van der Waals surface area contributed by atoms with Gasteiger partial charge in [-0.3, -0.25) is 10.1 Å². The number of esters is 1. The molecule has 0 amide bonds. The summed E-state index contributed by atoms with van der Waals surface area (Å²) in [5, 5.41) is 11.2. The van der Waals surface area contributed by atoms with Crippen molar-refractivity contribution in [3.05, 3.63) is 74.3 Å². The lowest BCUT2D eigenvalue weighted by Crippen LogP contribution is -2.14. The Morgan fingerprint density at radius 3 is 2.79 bits per heavy atom. The van der Waals surface area contributed by atoms with Gasteiger partial charge in [0.2, 0.25) is 0 Å². The maximum atomic E-state index is 12.2. The van der Waals surface area contributed by atoms with E-state index >= 15 is 0 Å². The molecule has 1 aliphatic heterocycles. The maximum absolute atomic E-state index is 12.2. The highest BCUT2D eigenvalue weighted by Gasteiger charge is 2.30. The minimum Gasteiger partial charge on any atom is -0.466 e. The molecule has 1 aliphatic rings. The second-order valence-electron chi connectivity index (χ2n) is 5.12. The molecule has 7 heteroatoms. The SMILES string of the molecule is COC(=O)C1=Cc2cc(Cl)ccc2SC1c1cccc([N+](=O)[O-])c1. The summed E-state index contributed by atoms with van der Waals surface area (Å²) in [7, 11) is 1.31. The van der Waals surface area contributed by atoms with Crippen LogP contribution in [0.2, 0.25) is 5.02 Å². The fraction of sp³-hybridized carbons (Fsp3) is 0.118. The van der Waals surface area contributed by atoms with Crippen molar-refractivity contribution in [1.82, 2.24) is 0 Å². The summed E-state index contributed by atoms with van der Waals surface area (Å²) in [4.78, 5) is 23.7. The van der Waals surface area contributed by atoms with E-state index in [1.807, 2.05) is 6.07 Å². The maximum Gasteiger partial charge on any atom is 0.335 e. The molecule has 3 rings (SSSR count). The van der Waals surface area contributed by atoms with Gasteiger partial charge in [-0.1, -0.05) is 23.7 Å². The van der Waals surface area contributed by atoms with Crippen LogP contribution >= 0.6 is 23.4 Å². The van der Waals surface area contributed by atoms with Crippen molar-refractivity contribution in [2.45, 2.75) is 10.1 Å². The van der Waals surface area contributed by atoms with Crippen LogP contribution in [0.15, 0.2) is 52.9 Å². The van der Waals surface area contributed by atoms with Gasteiger partial charge in [0.25, 0.3) is 5.69 Å². The molecule has 0 fully saturated rings. The number of nitrogens with zero attached hydrogens (tertiary/aromatic N) is 1. The number of methoxy groups -OCH3 is 1. The number of benzene rings is 2. The van der Waals surface area contributed by atoms with E-state index in [0.29, 0.717) is 16.2 Å². The molecule has 0 aromatic heterocycles. The Hall–Kier alpha value is -2.31. The van der Waals surface area contributed by atoms with Crippen LogP contribution in [0.5, 0.6) is 0 Å². The summed E-state index contributed by atoms with van der Waals surface area (Å²) in [5.41, 5.74) is 1.91. The number of fused-ring (bicyclic) bond motifs is 1. The molecule has 5 nitrogen and oxygen atoms in total. The van der Waals surface area contributed by atoms with Gasteiger partial charge < -0.3 is 4.74 Å². The number of carbonyl (C=O) groups is 1. The normalized spacial score (nSPS) is 16.1. The first-order chi connectivity index (χ1) is 11.5. The molecule has 0 radical (unpaired) electrons. The first kappa shape index (κ1) is 16.5. The average Bonchev–Trinajstić information content (AvgIpc) is 2.59. The molecular formula is C17H12ClNO4S. The molecule has 0 N–H and O–H groups in total. The molecule has 0 saturated heterocycles. The van der Waals surface area contributed by atoms with Gasteiger partial charge in [-0.15, -0.1) is 11.8 Å². The average molecular weight is 362 g/mol. The predicted octanol–water partition coefficient (Wildman–Crippen LogP) is 4.65. The number of nitro benzene ring substituents is 1. The molecule has 1 unspecified atom stereocenters. The second kappa shape index (κ2) is 6.67. The summed E-state index contributed by atoms with van der Waals surface area (Å²) in [5.74, 6) is -0.468. The van der Waals surface area contributed by atoms with Gasteiger partial charge in [-0.2, -0.15) is 0 Å². The molecule has 0 aliphatic carbocycles. The molecular weight excluding hydrogens is 350 g/mol. The topological polar surface area (TPSA) is 69.4 Å². The summed E-state index contributed by atoms with van der Waals surface area (Å²) < 4.78 is 4.88. The predicted molar refractivity (Wildman–Crippen MR) is 93.1 cm³/mol. The zero-order chi connectivity index (χ0) is 17.3. The van der Waals surface area contributed by atoms with E-state index < -0.39 is 10.9 Å². The summed E-state index contributed by atoms with van der Waals surface area (Å²) in [6, 6.07) is 11.7. The number of ether oxygens (including phenoxy) is 1. The van der Waals surface area contributed by atoms with Crippen molar-refractivity contribution in [3.8, 4) is 0 Å². The van der Waals surface area contributed by atoms with Crippen molar-refractivity contribution in [3.63, 3.8) is 0 Å². The zero-order valence-corrected chi connectivity index (χ0v) is 14.1. The number of hydrogen-bond acceptors (Lipinski definition) is 5. The molecule has 2 aromatic rings. The first-order valence-corrected chi connectivity index (χ1v) is 8.26. The smallest absolute Gasteiger partial charge is 0.335 e. The van der Waals surface area contributed by atoms with Crippen LogP contribution in [-0.4, -0.2) is 18.0 Å². The highest BCUT2D eigenvalue weighted by molar-refractivity contribution is 8.00. The molecule has 2 aromatic carbocycles. The molecule has 0 saturated carbocycles. The quantitative estimate of drug-likeness (QED) is 0.452. The number of rotatable bonds is 3. The largest absolute Gasteiger partial charge is 0.466 e. The lowest BCUT2D eigenvalue weighted by Gasteiger charge is -2.24. The third kappa shape index (κ3) is 3.16. The Labute approximate surface area is 147 Å². The monoisotopic (exact) mass is 361 g/mol. The molecule has 0 spiro atoms. The van der Waals surface area contributed by atoms with Crippen molar-refractivity contribution in [2.24, 2.45) is 0 Å². The van der Waals surface area contributed by atoms with Crippen LogP contribution in [-0.2, 0) is 9.53 Å². The van der Waals surface area contributed by atoms with E-state index in [9.17, 15) is 14.9 Å². The molecule has 0 bridgehead atoms. The van der Waals surface area contributed by atoms with Gasteiger partial charge in [-0.25, -0.2) is 4.79 Å². The second-order valence-corrected chi connectivity index (χ2v) is 6.71. The van der Waals surface area contributed by atoms with Gasteiger partial charge >= 0.3 is 5.97 Å². The van der Waals surface area contributed by atoms with Gasteiger partial charge in [0.15, 0.2) is 0 Å². The van der Waals surface area contributed by atoms with Gasteiger partial charge in [0.05, 0.1) is 22.9 Å². The molecule has 1 atom stereocenters. The fourth-order valence-electron chi connectivity index (χ4n) is 2.51. The van der Waals surface area contributed by atoms with Crippen LogP contribution in [0.25, 0.3) is 6.08 Å². The summed E-state index contributed by atoms with van der Waals surface area (Å²) in [6.07, 6.45) is 1.73. The van der Waals surface area contributed by atoms with Crippen LogP contribution in [0, 0.1) is 10.1 Å². The minimum atomic E-state index is -0.468. The summed E-state index contributed by atoms with van der Waals surface area (Å²) >= 11 is 7.46. The third-order valence-electron chi connectivity index (χ3n) is 3.62. The number of halogens is 1. The Balaban J connectivity index is 2.10. The van der Waals surface area contributed by atoms with Crippen molar-refractivity contribution in [1.29, 1.82) is 0 Å². The summed E-state index contributed by atoms with van der Waals surface area (Å²) in [6.45, 7) is 0. The number of hydrogen-bond donors (Lipinski definition) is 0. The number of carbonyl (C=O) groups excluding carboxylic acids is 1. The highest BCUT2D eigenvalue weighted by Crippen LogP contribution is 2.48. The number of thioether (sulfide) groups is 1. The van der Waals surface area contributed by atoms with Crippen LogP contribution in [0.3, 0.4) is 0 Å². The van der Waals surface area contributed by atoms with E-state index in [0.717, 1.165) is 10.5 Å². The van der Waals surface area contributed by atoms with Gasteiger partial charge in [-0.05, 0) is 35.4 Å². The van der Waals surface area contributed by atoms with Crippen LogP contribution < -0.4 is 0 Å². The third-order valence-corrected chi connectivity index (χ3v) is 5.24. The van der Waals surface area contributed by atoms with Crippen molar-refractivity contribution in [2.75, 3.05) is 7.11 Å².